The number of para-hydroxylation sites is 2. The Kier molecular flexibility index (Phi) is 9.35. The van der Waals surface area contributed by atoms with E-state index in [1.165, 1.54) is 5.56 Å². The standard InChI is InChI=1S/C31H36ClN5O4S/c1-42(40,41)35-26-9-4-5-10-29(26)36-15-6-16-37(18-17-36)31(39)28(19-22-11-13-25(32)14-12-22)34-30(38)27-20-23-7-2-3-8-24(23)21-33-27/h2-5,7-14,27-28,33,35H,6,15-21H2,1H3,(H,34,38). The molecule has 0 radical (unpaired) electrons. The zero-order chi connectivity index (χ0) is 29.7. The number of halogens is 1. The van der Waals surface area contributed by atoms with Crippen molar-refractivity contribution in [1.82, 2.24) is 15.5 Å². The van der Waals surface area contributed by atoms with Gasteiger partial charge in [-0.3, -0.25) is 14.3 Å². The van der Waals surface area contributed by atoms with Gasteiger partial charge >= 0.3 is 0 Å². The number of rotatable bonds is 8. The molecule has 2 atom stereocenters. The van der Waals surface area contributed by atoms with Crippen molar-refractivity contribution in [2.75, 3.05) is 42.1 Å². The van der Waals surface area contributed by atoms with Crippen molar-refractivity contribution < 1.29 is 18.0 Å². The number of carbonyl (C=O) groups excluding carboxylic acids is 2. The molecule has 42 heavy (non-hydrogen) atoms. The molecule has 0 spiro atoms. The fourth-order valence-electron chi connectivity index (χ4n) is 5.60. The van der Waals surface area contributed by atoms with Crippen LogP contribution in [-0.4, -0.2) is 69.7 Å². The van der Waals surface area contributed by atoms with Crippen LogP contribution >= 0.6 is 11.6 Å². The maximum absolute atomic E-state index is 14.0. The quantitative estimate of drug-likeness (QED) is 0.362. The first-order valence-corrected chi connectivity index (χ1v) is 16.4. The molecule has 11 heteroatoms. The highest BCUT2D eigenvalue weighted by Crippen LogP contribution is 2.27. The Morgan fingerprint density at radius 3 is 2.43 bits per heavy atom. The smallest absolute Gasteiger partial charge is 0.245 e. The third-order valence-corrected chi connectivity index (χ3v) is 8.56. The summed E-state index contributed by atoms with van der Waals surface area (Å²) in [5.74, 6) is -0.340. The second-order valence-corrected chi connectivity index (χ2v) is 13.0. The van der Waals surface area contributed by atoms with Crippen LogP contribution < -0.4 is 20.3 Å². The molecule has 1 saturated heterocycles. The molecular weight excluding hydrogens is 574 g/mol. The van der Waals surface area contributed by atoms with Gasteiger partial charge in [0.25, 0.3) is 0 Å². The fourth-order valence-corrected chi connectivity index (χ4v) is 6.30. The Hall–Kier alpha value is -3.60. The van der Waals surface area contributed by atoms with Crippen molar-refractivity contribution in [1.29, 1.82) is 0 Å². The number of fused-ring (bicyclic) bond motifs is 1. The van der Waals surface area contributed by atoms with Crippen molar-refractivity contribution >= 4 is 44.8 Å². The van der Waals surface area contributed by atoms with Crippen molar-refractivity contribution in [3.8, 4) is 0 Å². The number of nitrogens with zero attached hydrogens (tertiary/aromatic N) is 2. The lowest BCUT2D eigenvalue weighted by atomic mass is 9.95. The number of hydrogen-bond donors (Lipinski definition) is 3. The Balaban J connectivity index is 1.30. The van der Waals surface area contributed by atoms with Crippen LogP contribution in [0.15, 0.2) is 72.8 Å². The maximum Gasteiger partial charge on any atom is 0.245 e. The first kappa shape index (κ1) is 29.9. The van der Waals surface area contributed by atoms with Gasteiger partial charge in [0.05, 0.1) is 23.7 Å². The molecule has 2 unspecified atom stereocenters. The zero-order valence-corrected chi connectivity index (χ0v) is 25.1. The van der Waals surface area contributed by atoms with Crippen LogP contribution in [0.2, 0.25) is 5.02 Å². The van der Waals surface area contributed by atoms with E-state index < -0.39 is 22.1 Å². The highest BCUT2D eigenvalue weighted by Gasteiger charge is 2.32. The third-order valence-electron chi connectivity index (χ3n) is 7.71. The molecule has 1 fully saturated rings. The summed E-state index contributed by atoms with van der Waals surface area (Å²) in [6, 6.07) is 21.5. The molecule has 2 aliphatic heterocycles. The number of sulfonamides is 1. The Labute approximate surface area is 252 Å². The minimum absolute atomic E-state index is 0.140. The van der Waals surface area contributed by atoms with Gasteiger partial charge in [0.2, 0.25) is 21.8 Å². The van der Waals surface area contributed by atoms with E-state index in [1.54, 1.807) is 29.2 Å². The van der Waals surface area contributed by atoms with Crippen LogP contribution in [0.25, 0.3) is 0 Å². The number of amides is 2. The molecule has 2 aliphatic rings. The van der Waals surface area contributed by atoms with E-state index in [0.717, 1.165) is 23.1 Å². The third kappa shape index (κ3) is 7.61. The summed E-state index contributed by atoms with van der Waals surface area (Å²) in [7, 11) is -3.45. The van der Waals surface area contributed by atoms with E-state index >= 15 is 0 Å². The number of benzene rings is 3. The van der Waals surface area contributed by atoms with Gasteiger partial charge < -0.3 is 20.4 Å². The minimum atomic E-state index is -3.45. The van der Waals surface area contributed by atoms with Gasteiger partial charge in [0.1, 0.15) is 6.04 Å². The lowest BCUT2D eigenvalue weighted by Crippen LogP contribution is -2.56. The molecule has 3 aromatic carbocycles. The highest BCUT2D eigenvalue weighted by molar-refractivity contribution is 7.92. The monoisotopic (exact) mass is 609 g/mol. The van der Waals surface area contributed by atoms with Crippen molar-refractivity contribution in [2.24, 2.45) is 0 Å². The predicted molar refractivity (Wildman–Crippen MR) is 166 cm³/mol. The average Bonchev–Trinajstić information content (AvgIpc) is 3.23. The minimum Gasteiger partial charge on any atom is -0.368 e. The normalized spacial score (nSPS) is 18.0. The van der Waals surface area contributed by atoms with Crippen molar-refractivity contribution in [3.05, 3.63) is 94.5 Å². The first-order valence-electron chi connectivity index (χ1n) is 14.1. The molecule has 5 rings (SSSR count). The van der Waals surface area contributed by atoms with Crippen LogP contribution in [0.4, 0.5) is 11.4 Å². The summed E-state index contributed by atoms with van der Waals surface area (Å²) in [4.78, 5) is 31.4. The lowest BCUT2D eigenvalue weighted by Gasteiger charge is -2.30. The second-order valence-electron chi connectivity index (χ2n) is 10.9. The molecule has 3 N–H and O–H groups in total. The summed E-state index contributed by atoms with van der Waals surface area (Å²) in [5.41, 5.74) is 4.49. The van der Waals surface area contributed by atoms with Gasteiger partial charge in [-0.1, -0.05) is 60.1 Å². The van der Waals surface area contributed by atoms with Gasteiger partial charge in [0.15, 0.2) is 0 Å². The number of nitrogens with one attached hydrogen (secondary N) is 3. The molecule has 3 aromatic rings. The highest BCUT2D eigenvalue weighted by atomic mass is 35.5. The molecular formula is C31H36ClN5O4S. The van der Waals surface area contributed by atoms with Crippen molar-refractivity contribution in [3.63, 3.8) is 0 Å². The second kappa shape index (κ2) is 13.1. The van der Waals surface area contributed by atoms with Gasteiger partial charge in [-0.25, -0.2) is 8.42 Å². The van der Waals surface area contributed by atoms with Crippen LogP contribution in [0, 0.1) is 0 Å². The van der Waals surface area contributed by atoms with Gasteiger partial charge in [-0.05, 0) is 53.8 Å². The number of carbonyl (C=O) groups is 2. The largest absolute Gasteiger partial charge is 0.368 e. The molecule has 0 aromatic heterocycles. The van der Waals surface area contributed by atoms with Gasteiger partial charge in [0, 0.05) is 44.2 Å². The predicted octanol–water partition coefficient (Wildman–Crippen LogP) is 3.19. The molecule has 0 bridgehead atoms. The average molecular weight is 610 g/mol. The molecule has 9 nitrogen and oxygen atoms in total. The molecule has 222 valence electrons. The van der Waals surface area contributed by atoms with E-state index in [1.807, 2.05) is 42.5 Å². The summed E-state index contributed by atoms with van der Waals surface area (Å²) < 4.78 is 26.4. The maximum atomic E-state index is 14.0. The van der Waals surface area contributed by atoms with E-state index in [9.17, 15) is 18.0 Å². The SMILES string of the molecule is CS(=O)(=O)Nc1ccccc1N1CCCN(C(=O)C(Cc2ccc(Cl)cc2)NC(=O)C2Cc3ccccc3CN2)CC1. The Morgan fingerprint density at radius 2 is 1.67 bits per heavy atom. The van der Waals surface area contributed by atoms with Crippen LogP contribution in [0.3, 0.4) is 0 Å². The molecule has 2 amide bonds. The lowest BCUT2D eigenvalue weighted by molar-refractivity contribution is -0.136. The van der Waals surface area contributed by atoms with Gasteiger partial charge in [-0.2, -0.15) is 0 Å². The van der Waals surface area contributed by atoms with Crippen LogP contribution in [0.5, 0.6) is 0 Å². The van der Waals surface area contributed by atoms with Crippen LogP contribution in [-0.2, 0) is 39.0 Å². The fraction of sp³-hybridized carbons (Fsp3) is 0.355. The van der Waals surface area contributed by atoms with E-state index in [4.69, 9.17) is 11.6 Å². The molecule has 0 saturated carbocycles. The number of hydrogen-bond acceptors (Lipinski definition) is 6. The number of anilines is 2. The van der Waals surface area contributed by atoms with E-state index in [0.29, 0.717) is 62.7 Å². The summed E-state index contributed by atoms with van der Waals surface area (Å²) in [6.45, 7) is 2.75. The van der Waals surface area contributed by atoms with Crippen molar-refractivity contribution in [2.45, 2.75) is 37.9 Å². The van der Waals surface area contributed by atoms with E-state index in [-0.39, 0.29) is 11.8 Å². The summed E-state index contributed by atoms with van der Waals surface area (Å²) in [6.07, 6.45) is 2.72. The Bertz CT molecular complexity index is 1530. The van der Waals surface area contributed by atoms with Crippen LogP contribution in [0.1, 0.15) is 23.1 Å². The molecule has 0 aliphatic carbocycles. The Morgan fingerprint density at radius 1 is 0.952 bits per heavy atom. The summed E-state index contributed by atoms with van der Waals surface area (Å²) >= 11 is 6.09. The van der Waals surface area contributed by atoms with Gasteiger partial charge in [-0.15, -0.1) is 0 Å². The van der Waals surface area contributed by atoms with E-state index in [2.05, 4.69) is 26.3 Å². The first-order chi connectivity index (χ1) is 20.2. The zero-order valence-electron chi connectivity index (χ0n) is 23.6. The molecule has 2 heterocycles. The summed E-state index contributed by atoms with van der Waals surface area (Å²) in [5, 5.41) is 6.98. The topological polar surface area (TPSA) is 111 Å².